The van der Waals surface area contributed by atoms with Gasteiger partial charge in [-0.15, -0.1) is 0 Å². The van der Waals surface area contributed by atoms with Crippen LogP contribution < -0.4 is 0 Å². The molecule has 0 saturated heterocycles. The Labute approximate surface area is 126 Å². The van der Waals surface area contributed by atoms with Gasteiger partial charge in [-0.05, 0) is 6.42 Å². The molecule has 1 aromatic heterocycles. The number of carbonyl (C=O) groups excluding carboxylic acids is 1. The van der Waals surface area contributed by atoms with Crippen LogP contribution in [0.2, 0.25) is 0 Å². The summed E-state index contributed by atoms with van der Waals surface area (Å²) in [5, 5.41) is 0.169. The van der Waals surface area contributed by atoms with Crippen molar-refractivity contribution in [2.75, 3.05) is 0 Å². The number of hydrogen-bond acceptors (Lipinski definition) is 3. The number of halogens is 1. The molecule has 106 valence electrons. The van der Waals surface area contributed by atoms with Gasteiger partial charge in [-0.25, -0.2) is 8.42 Å². The first-order valence-corrected chi connectivity index (χ1v) is 8.68. The van der Waals surface area contributed by atoms with E-state index in [-0.39, 0.29) is 16.7 Å². The normalized spacial score (nSPS) is 28.9. The molecule has 2 aliphatic rings. The second kappa shape index (κ2) is 4.43. The third-order valence-electron chi connectivity index (χ3n) is 3.99. The van der Waals surface area contributed by atoms with Crippen LogP contribution in [0.25, 0.3) is 0 Å². The minimum absolute atomic E-state index is 0.00783. The molecule has 1 N–H and O–H groups in total. The molecule has 0 saturated carbocycles. The van der Waals surface area contributed by atoms with E-state index in [0.717, 1.165) is 0 Å². The van der Waals surface area contributed by atoms with Crippen molar-refractivity contribution in [3.63, 3.8) is 0 Å². The second-order valence-corrected chi connectivity index (χ2v) is 9.09. The van der Waals surface area contributed by atoms with Gasteiger partial charge in [0.05, 0.1) is 0 Å². The number of fused-ring (bicyclic) bond motifs is 1. The predicted octanol–water partition coefficient (Wildman–Crippen LogP) is 2.77. The summed E-state index contributed by atoms with van der Waals surface area (Å²) >= 11 is 3.40. The van der Waals surface area contributed by atoms with Crippen molar-refractivity contribution in [1.82, 2.24) is 4.98 Å². The second-order valence-electron chi connectivity index (χ2n) is 5.17. The number of hydrogen-bond donors (Lipinski definition) is 1. The molecular weight excluding hydrogens is 342 g/mol. The molecule has 20 heavy (non-hydrogen) atoms. The fraction of sp³-hybridized carbons (Fsp3) is 0.357. The zero-order valence-corrected chi connectivity index (χ0v) is 13.3. The SMILES string of the molecule is CC1C=CC=CC1(Br)S(=O)(=O)c1[nH]cc2c1CCC2=O. The van der Waals surface area contributed by atoms with Gasteiger partial charge in [0.1, 0.15) is 5.03 Å². The Morgan fingerprint density at radius 1 is 1.35 bits per heavy atom. The zero-order chi connectivity index (χ0) is 14.5. The number of aromatic nitrogens is 1. The fourth-order valence-electron chi connectivity index (χ4n) is 2.74. The molecule has 0 spiro atoms. The fourth-order valence-corrected chi connectivity index (χ4v) is 5.42. The summed E-state index contributed by atoms with van der Waals surface area (Å²) in [4.78, 5) is 14.5. The van der Waals surface area contributed by atoms with Crippen molar-refractivity contribution < 1.29 is 13.2 Å². The van der Waals surface area contributed by atoms with Crippen molar-refractivity contribution in [3.05, 3.63) is 41.6 Å². The number of allylic oxidation sites excluding steroid dienone is 3. The highest BCUT2D eigenvalue weighted by Gasteiger charge is 2.47. The van der Waals surface area contributed by atoms with Crippen LogP contribution in [0.15, 0.2) is 35.5 Å². The molecular formula is C14H14BrNO3S. The van der Waals surface area contributed by atoms with Crippen molar-refractivity contribution >= 4 is 31.6 Å². The lowest BCUT2D eigenvalue weighted by molar-refractivity contribution is 0.0994. The van der Waals surface area contributed by atoms with Crippen LogP contribution in [-0.4, -0.2) is 22.8 Å². The van der Waals surface area contributed by atoms with Gasteiger partial charge in [0.2, 0.25) is 9.84 Å². The number of alkyl halides is 1. The first-order chi connectivity index (χ1) is 9.38. The summed E-state index contributed by atoms with van der Waals surface area (Å²) in [6.07, 6.45) is 9.45. The molecule has 4 nitrogen and oxygen atoms in total. The van der Waals surface area contributed by atoms with Gasteiger partial charge >= 0.3 is 0 Å². The maximum atomic E-state index is 13.0. The van der Waals surface area contributed by atoms with Crippen LogP contribution in [-0.2, 0) is 16.3 Å². The van der Waals surface area contributed by atoms with E-state index >= 15 is 0 Å². The van der Waals surface area contributed by atoms with Crippen LogP contribution in [0.3, 0.4) is 0 Å². The Bertz CT molecular complexity index is 744. The Morgan fingerprint density at radius 3 is 2.80 bits per heavy atom. The first kappa shape index (κ1) is 13.8. The molecule has 0 bridgehead atoms. The van der Waals surface area contributed by atoms with Gasteiger partial charge in [0.15, 0.2) is 9.44 Å². The van der Waals surface area contributed by atoms with E-state index in [9.17, 15) is 13.2 Å². The van der Waals surface area contributed by atoms with Gasteiger partial charge in [0, 0.05) is 29.7 Å². The molecule has 2 atom stereocenters. The number of carbonyl (C=O) groups is 1. The molecule has 0 fully saturated rings. The van der Waals surface area contributed by atoms with E-state index in [4.69, 9.17) is 0 Å². The summed E-state index contributed by atoms with van der Waals surface area (Å²) in [6.45, 7) is 1.85. The standard InChI is InChI=1S/C14H14BrNO3S/c1-9-4-2-3-7-14(9,15)20(18,19)13-10-5-6-12(17)11(10)8-16-13/h2-4,7-9,16H,5-6H2,1H3. The topological polar surface area (TPSA) is 67.0 Å². The quantitative estimate of drug-likeness (QED) is 0.829. The summed E-state index contributed by atoms with van der Waals surface area (Å²) in [7, 11) is -3.65. The number of sulfone groups is 1. The summed E-state index contributed by atoms with van der Waals surface area (Å²) in [5.74, 6) is -0.193. The molecule has 1 heterocycles. The smallest absolute Gasteiger partial charge is 0.213 e. The molecule has 0 aromatic carbocycles. The van der Waals surface area contributed by atoms with Gasteiger partial charge < -0.3 is 4.98 Å². The first-order valence-electron chi connectivity index (χ1n) is 6.41. The number of H-pyrrole nitrogens is 1. The lowest BCUT2D eigenvalue weighted by Gasteiger charge is -2.30. The Morgan fingerprint density at radius 2 is 2.10 bits per heavy atom. The van der Waals surface area contributed by atoms with E-state index in [2.05, 4.69) is 20.9 Å². The molecule has 3 rings (SSSR count). The summed E-state index contributed by atoms with van der Waals surface area (Å²) in [5.41, 5.74) is 1.15. The van der Waals surface area contributed by atoms with E-state index in [0.29, 0.717) is 24.0 Å². The maximum Gasteiger partial charge on any atom is 0.213 e. The molecule has 2 aliphatic carbocycles. The average Bonchev–Trinajstić information content (AvgIpc) is 2.96. The van der Waals surface area contributed by atoms with Crippen LogP contribution in [0, 0.1) is 5.92 Å². The number of nitrogens with one attached hydrogen (secondary N) is 1. The van der Waals surface area contributed by atoms with Crippen molar-refractivity contribution in [2.45, 2.75) is 28.4 Å². The minimum atomic E-state index is -3.65. The Hall–Kier alpha value is -1.14. The molecule has 6 heteroatoms. The van der Waals surface area contributed by atoms with Crippen LogP contribution in [0.5, 0.6) is 0 Å². The van der Waals surface area contributed by atoms with E-state index in [1.165, 1.54) is 6.20 Å². The molecule has 0 aliphatic heterocycles. The van der Waals surface area contributed by atoms with Gasteiger partial charge in [0.25, 0.3) is 0 Å². The Kier molecular flexibility index (Phi) is 3.06. The van der Waals surface area contributed by atoms with Crippen LogP contribution in [0.1, 0.15) is 29.3 Å². The average molecular weight is 356 g/mol. The van der Waals surface area contributed by atoms with Crippen LogP contribution in [0.4, 0.5) is 0 Å². The minimum Gasteiger partial charge on any atom is -0.351 e. The zero-order valence-electron chi connectivity index (χ0n) is 10.9. The molecule has 2 unspecified atom stereocenters. The van der Waals surface area contributed by atoms with Crippen molar-refractivity contribution in [1.29, 1.82) is 0 Å². The Balaban J connectivity index is 2.15. The number of ketones is 1. The number of Topliss-reactive ketones (excluding diaryl/α,β-unsaturated/α-hetero) is 1. The number of rotatable bonds is 2. The van der Waals surface area contributed by atoms with E-state index in [1.807, 2.05) is 19.1 Å². The van der Waals surface area contributed by atoms with Gasteiger partial charge in [-0.3, -0.25) is 4.79 Å². The monoisotopic (exact) mass is 355 g/mol. The van der Waals surface area contributed by atoms with E-state index in [1.54, 1.807) is 12.2 Å². The third-order valence-corrected chi connectivity index (χ3v) is 8.48. The molecule has 0 amide bonds. The summed E-state index contributed by atoms with van der Waals surface area (Å²) in [6, 6.07) is 0. The highest BCUT2D eigenvalue weighted by molar-refractivity contribution is 9.11. The highest BCUT2D eigenvalue weighted by atomic mass is 79.9. The van der Waals surface area contributed by atoms with Gasteiger partial charge in [-0.2, -0.15) is 0 Å². The van der Waals surface area contributed by atoms with Crippen LogP contribution >= 0.6 is 15.9 Å². The summed E-state index contributed by atoms with van der Waals surface area (Å²) < 4.78 is 24.8. The molecule has 1 aromatic rings. The van der Waals surface area contributed by atoms with Crippen molar-refractivity contribution in [2.24, 2.45) is 5.92 Å². The highest BCUT2D eigenvalue weighted by Crippen LogP contribution is 2.43. The lowest BCUT2D eigenvalue weighted by Crippen LogP contribution is -2.37. The van der Waals surface area contributed by atoms with Crippen molar-refractivity contribution in [3.8, 4) is 0 Å². The van der Waals surface area contributed by atoms with Gasteiger partial charge in [-0.1, -0.05) is 47.2 Å². The molecule has 0 radical (unpaired) electrons. The lowest BCUT2D eigenvalue weighted by atomic mass is 10.0. The predicted molar refractivity (Wildman–Crippen MR) is 79.7 cm³/mol. The third kappa shape index (κ3) is 1.71. The maximum absolute atomic E-state index is 13.0. The number of aromatic amines is 1. The van der Waals surface area contributed by atoms with E-state index < -0.39 is 13.5 Å². The largest absolute Gasteiger partial charge is 0.351 e.